The minimum Gasteiger partial charge on any atom is -0.488 e. The average Bonchev–Trinajstić information content (AvgIpc) is 4.08. The first-order valence-corrected chi connectivity index (χ1v) is 20.9. The number of methoxy groups -OCH3 is 3. The van der Waals surface area contributed by atoms with Gasteiger partial charge in [0.05, 0.1) is 55.3 Å². The number of hydrogen-bond donors (Lipinski definition) is 4. The van der Waals surface area contributed by atoms with E-state index in [4.69, 9.17) is 28.9 Å². The Morgan fingerprint density at radius 1 is 0.852 bits per heavy atom. The Balaban J connectivity index is 1.05. The zero-order valence-corrected chi connectivity index (χ0v) is 35.8. The molecule has 5 aromatic rings. The van der Waals surface area contributed by atoms with Gasteiger partial charge in [-0.1, -0.05) is 39.0 Å². The van der Waals surface area contributed by atoms with Crippen LogP contribution in [0.25, 0.3) is 44.2 Å². The van der Waals surface area contributed by atoms with Crippen molar-refractivity contribution in [1.82, 2.24) is 40.4 Å². The molecule has 7 atom stereocenters. The number of likely N-dealkylation sites (tertiary alicyclic amines) is 2. The summed E-state index contributed by atoms with van der Waals surface area (Å²) in [6.07, 6.45) is 2.17. The molecule has 0 saturated carbocycles. The van der Waals surface area contributed by atoms with Gasteiger partial charge in [0, 0.05) is 30.6 Å². The molecule has 61 heavy (non-hydrogen) atoms. The number of nitrogens with one attached hydrogen (secondary N) is 4. The summed E-state index contributed by atoms with van der Waals surface area (Å²) in [4.78, 5) is 72.6. The lowest BCUT2D eigenvalue weighted by Gasteiger charge is -2.32. The van der Waals surface area contributed by atoms with Gasteiger partial charge in [0.2, 0.25) is 11.8 Å². The molecular formula is C45H54N8O8. The highest BCUT2D eigenvalue weighted by Gasteiger charge is 2.43. The molecule has 2 fully saturated rings. The molecule has 322 valence electrons. The quantitative estimate of drug-likeness (QED) is 0.117. The van der Waals surface area contributed by atoms with Gasteiger partial charge in [-0.15, -0.1) is 0 Å². The van der Waals surface area contributed by atoms with Crippen molar-refractivity contribution in [2.45, 2.75) is 96.8 Å². The van der Waals surface area contributed by atoms with Crippen LogP contribution in [0.1, 0.15) is 83.2 Å². The Bertz CT molecular complexity index is 2500. The fraction of sp³-hybridized carbons (Fsp3) is 0.467. The maximum absolute atomic E-state index is 14.0. The SMILES string of the molecule is COC(=O)NC(C(=O)N1[C@@H](C)CC[C@H]1c1ncc(-c2ccc3c(c2)COc2cc4c(ccc5nc([C@@H]6C[C@H](C)CN6C(=O)C(NC(=O)OC)C(C)OC)[nH]c54)cc2-3)[nH]1)C(C)C. The molecule has 4 amide bonds. The predicted molar refractivity (Wildman–Crippen MR) is 227 cm³/mol. The van der Waals surface area contributed by atoms with E-state index in [9.17, 15) is 19.2 Å². The van der Waals surface area contributed by atoms with Gasteiger partial charge in [0.1, 0.15) is 36.1 Å². The van der Waals surface area contributed by atoms with Crippen molar-refractivity contribution in [3.05, 3.63) is 65.9 Å². The van der Waals surface area contributed by atoms with E-state index < -0.39 is 30.4 Å². The Hall–Kier alpha value is -6.16. The second-order valence-electron chi connectivity index (χ2n) is 16.9. The molecule has 2 saturated heterocycles. The topological polar surface area (TPSA) is 193 Å². The van der Waals surface area contributed by atoms with E-state index in [0.717, 1.165) is 68.3 Å². The lowest BCUT2D eigenvalue weighted by atomic mass is 9.92. The highest BCUT2D eigenvalue weighted by molar-refractivity contribution is 6.07. The van der Waals surface area contributed by atoms with E-state index in [-0.39, 0.29) is 41.8 Å². The molecular weight excluding hydrogens is 781 g/mol. The molecule has 3 aliphatic heterocycles. The number of aromatic nitrogens is 4. The molecule has 3 aromatic carbocycles. The summed E-state index contributed by atoms with van der Waals surface area (Å²) in [6, 6.07) is 12.3. The van der Waals surface area contributed by atoms with Crippen molar-refractivity contribution in [3.63, 3.8) is 0 Å². The summed E-state index contributed by atoms with van der Waals surface area (Å²) in [5, 5.41) is 7.35. The molecule has 8 rings (SSSR count). The van der Waals surface area contributed by atoms with E-state index in [2.05, 4.69) is 63.9 Å². The standard InChI is InChI=1S/C45H54N8O8/c1-22(2)37(50-44(56)59-7)43(55)53-24(4)9-14-34(53)40-46-19-33(48-40)27-10-12-29-28(16-27)21-61-36-18-30-26(17-31(29)36)11-13-32-39(30)49-41(47-32)35-15-23(3)20-52(35)42(54)38(25(5)58-6)51-45(57)60-8/h10-13,16-19,22-25,34-35,37-38H,9,14-15,20-21H2,1-8H3,(H,46,48)(H,47,49)(H,50,56)(H,51,57)/t23-,24-,25?,34-,35-,37?,38?/m0/s1. The molecule has 5 heterocycles. The average molecular weight is 835 g/mol. The second-order valence-corrected chi connectivity index (χ2v) is 16.9. The summed E-state index contributed by atoms with van der Waals surface area (Å²) < 4.78 is 21.5. The maximum Gasteiger partial charge on any atom is 0.407 e. The number of carbonyl (C=O) groups excluding carboxylic acids is 4. The summed E-state index contributed by atoms with van der Waals surface area (Å²) >= 11 is 0. The van der Waals surface area contributed by atoms with Crippen LogP contribution >= 0.6 is 0 Å². The van der Waals surface area contributed by atoms with Crippen LogP contribution in [0.15, 0.2) is 48.7 Å². The predicted octanol–water partition coefficient (Wildman–Crippen LogP) is 6.77. The Morgan fingerprint density at radius 2 is 1.61 bits per heavy atom. The largest absolute Gasteiger partial charge is 0.488 e. The van der Waals surface area contributed by atoms with E-state index in [1.807, 2.05) is 37.9 Å². The van der Waals surface area contributed by atoms with Gasteiger partial charge in [0.25, 0.3) is 0 Å². The smallest absolute Gasteiger partial charge is 0.407 e. The number of aromatic amines is 2. The zero-order chi connectivity index (χ0) is 43.3. The molecule has 0 radical (unpaired) electrons. The van der Waals surface area contributed by atoms with Gasteiger partial charge in [-0.05, 0) is 91.3 Å². The van der Waals surface area contributed by atoms with Crippen molar-refractivity contribution in [1.29, 1.82) is 0 Å². The highest BCUT2D eigenvalue weighted by Crippen LogP contribution is 2.44. The van der Waals surface area contributed by atoms with Gasteiger partial charge in [-0.25, -0.2) is 19.6 Å². The number of hydrogen-bond acceptors (Lipinski definition) is 10. The lowest BCUT2D eigenvalue weighted by molar-refractivity contribution is -0.138. The molecule has 3 aliphatic rings. The number of imidazole rings is 2. The minimum atomic E-state index is -0.930. The number of carbonyl (C=O) groups is 4. The van der Waals surface area contributed by atoms with Gasteiger partial charge in [0.15, 0.2) is 0 Å². The maximum atomic E-state index is 14.0. The second kappa shape index (κ2) is 16.7. The number of alkyl carbamates (subject to hydrolysis) is 2. The van der Waals surface area contributed by atoms with E-state index >= 15 is 0 Å². The van der Waals surface area contributed by atoms with Gasteiger partial charge >= 0.3 is 12.2 Å². The van der Waals surface area contributed by atoms with Crippen LogP contribution < -0.4 is 15.4 Å². The minimum absolute atomic E-state index is 0.0195. The van der Waals surface area contributed by atoms with Gasteiger partial charge in [-0.3, -0.25) is 9.59 Å². The molecule has 0 spiro atoms. The lowest BCUT2D eigenvalue weighted by Crippen LogP contribution is -2.54. The molecule has 0 bridgehead atoms. The van der Waals surface area contributed by atoms with Gasteiger partial charge in [-0.2, -0.15) is 0 Å². The Morgan fingerprint density at radius 3 is 2.33 bits per heavy atom. The molecule has 4 N–H and O–H groups in total. The van der Waals surface area contributed by atoms with Crippen molar-refractivity contribution in [2.75, 3.05) is 27.9 Å². The number of amides is 4. The molecule has 16 nitrogen and oxygen atoms in total. The van der Waals surface area contributed by atoms with Crippen molar-refractivity contribution in [2.24, 2.45) is 11.8 Å². The third kappa shape index (κ3) is 7.73. The number of ether oxygens (including phenoxy) is 4. The first-order chi connectivity index (χ1) is 29.3. The van der Waals surface area contributed by atoms with Crippen LogP contribution in [0.5, 0.6) is 5.75 Å². The molecule has 2 aromatic heterocycles. The fourth-order valence-corrected chi connectivity index (χ4v) is 9.20. The summed E-state index contributed by atoms with van der Waals surface area (Å²) in [5.74, 6) is 1.81. The highest BCUT2D eigenvalue weighted by atomic mass is 16.5. The first kappa shape index (κ1) is 41.6. The Kier molecular flexibility index (Phi) is 11.4. The van der Waals surface area contributed by atoms with E-state index in [0.29, 0.717) is 31.2 Å². The summed E-state index contributed by atoms with van der Waals surface area (Å²) in [7, 11) is 4.06. The fourth-order valence-electron chi connectivity index (χ4n) is 9.20. The van der Waals surface area contributed by atoms with Gasteiger partial charge < -0.3 is 49.3 Å². The van der Waals surface area contributed by atoms with Crippen LogP contribution in [0, 0.1) is 11.8 Å². The third-order valence-electron chi connectivity index (χ3n) is 12.6. The normalized spacial score (nSPS) is 21.1. The number of rotatable bonds is 10. The zero-order valence-electron chi connectivity index (χ0n) is 35.8. The number of H-pyrrole nitrogens is 2. The van der Waals surface area contributed by atoms with E-state index in [1.54, 1.807) is 11.8 Å². The molecule has 0 aliphatic carbocycles. The summed E-state index contributed by atoms with van der Waals surface area (Å²) in [5.41, 5.74) is 6.51. The van der Waals surface area contributed by atoms with Crippen molar-refractivity contribution in [3.8, 4) is 28.1 Å². The third-order valence-corrected chi connectivity index (χ3v) is 12.6. The number of fused-ring (bicyclic) bond motifs is 6. The Labute approximate surface area is 354 Å². The molecule has 16 heteroatoms. The number of benzene rings is 3. The number of nitrogens with zero attached hydrogens (tertiary/aromatic N) is 4. The van der Waals surface area contributed by atoms with Crippen LogP contribution in [-0.4, -0.2) is 106 Å². The van der Waals surface area contributed by atoms with Crippen molar-refractivity contribution >= 4 is 45.8 Å². The van der Waals surface area contributed by atoms with Crippen LogP contribution in [0.4, 0.5) is 9.59 Å². The summed E-state index contributed by atoms with van der Waals surface area (Å²) in [6.45, 7) is 10.6. The van der Waals surface area contributed by atoms with Crippen LogP contribution in [-0.2, 0) is 30.4 Å². The monoisotopic (exact) mass is 834 g/mol. The van der Waals surface area contributed by atoms with Crippen molar-refractivity contribution < 1.29 is 38.1 Å². The van der Waals surface area contributed by atoms with E-state index in [1.165, 1.54) is 21.3 Å². The van der Waals surface area contributed by atoms with Crippen LogP contribution in [0.2, 0.25) is 0 Å². The molecule has 3 unspecified atom stereocenters. The first-order valence-electron chi connectivity index (χ1n) is 20.9. The van der Waals surface area contributed by atoms with Crippen LogP contribution in [0.3, 0.4) is 0 Å².